The van der Waals surface area contributed by atoms with Gasteiger partial charge in [0.1, 0.15) is 11.2 Å². The van der Waals surface area contributed by atoms with Gasteiger partial charge in [0.2, 0.25) is 5.91 Å². The van der Waals surface area contributed by atoms with Gasteiger partial charge in [-0.15, -0.1) is 0 Å². The van der Waals surface area contributed by atoms with Crippen LogP contribution in [-0.2, 0) is 11.3 Å². The molecule has 0 radical (unpaired) electrons. The van der Waals surface area contributed by atoms with E-state index in [9.17, 15) is 18.4 Å². The van der Waals surface area contributed by atoms with Crippen LogP contribution in [0.3, 0.4) is 0 Å². The third-order valence-electron chi connectivity index (χ3n) is 4.56. The van der Waals surface area contributed by atoms with Crippen LogP contribution in [0.5, 0.6) is 0 Å². The number of carbonyl (C=O) groups excluding carboxylic acids is 1. The average Bonchev–Trinajstić information content (AvgIpc) is 3.16. The zero-order valence-corrected chi connectivity index (χ0v) is 15.9. The maximum atomic E-state index is 13.2. The average molecular weight is 410 g/mol. The first kappa shape index (κ1) is 19.4. The molecule has 0 spiro atoms. The molecule has 0 fully saturated rings. The number of halogens is 2. The maximum Gasteiger partial charge on any atom is 0.299 e. The maximum absolute atomic E-state index is 13.2. The van der Waals surface area contributed by atoms with E-state index in [1.165, 1.54) is 17.0 Å². The van der Waals surface area contributed by atoms with Crippen molar-refractivity contribution in [1.82, 2.24) is 14.7 Å². The molecule has 2 aromatic heterocycles. The predicted octanol–water partition coefficient (Wildman–Crippen LogP) is 3.67. The van der Waals surface area contributed by atoms with Gasteiger partial charge in [0.25, 0.3) is 11.1 Å². The highest BCUT2D eigenvalue weighted by atomic mass is 19.2. The molecule has 30 heavy (non-hydrogen) atoms. The van der Waals surface area contributed by atoms with Gasteiger partial charge in [0.15, 0.2) is 11.6 Å². The Kier molecular flexibility index (Phi) is 5.09. The second-order valence-electron chi connectivity index (χ2n) is 6.75. The smallest absolute Gasteiger partial charge is 0.299 e. The third kappa shape index (κ3) is 3.82. The molecule has 0 atom stereocenters. The van der Waals surface area contributed by atoms with Gasteiger partial charge in [0.05, 0.1) is 6.33 Å². The van der Waals surface area contributed by atoms with Crippen molar-refractivity contribution in [2.75, 3.05) is 5.32 Å². The summed E-state index contributed by atoms with van der Waals surface area (Å²) < 4.78 is 32.6. The fraction of sp³-hybridized carbons (Fsp3) is 0.143. The van der Waals surface area contributed by atoms with Crippen LogP contribution in [0.4, 0.5) is 14.5 Å². The van der Waals surface area contributed by atoms with Crippen molar-refractivity contribution < 1.29 is 18.1 Å². The van der Waals surface area contributed by atoms with Crippen LogP contribution in [0.25, 0.3) is 22.4 Å². The molecule has 7 nitrogen and oxygen atoms in total. The molecule has 9 heteroatoms. The fourth-order valence-corrected chi connectivity index (χ4v) is 2.94. The van der Waals surface area contributed by atoms with Gasteiger partial charge in [-0.1, -0.05) is 35.0 Å². The molecule has 0 saturated carbocycles. The number of hydrogen-bond acceptors (Lipinski definition) is 5. The first-order valence-electron chi connectivity index (χ1n) is 9.09. The zero-order chi connectivity index (χ0) is 21.3. The summed E-state index contributed by atoms with van der Waals surface area (Å²) in [5, 5.41) is 6.42. The number of nitrogens with zero attached hydrogens (tertiary/aromatic N) is 3. The summed E-state index contributed by atoms with van der Waals surface area (Å²) in [7, 11) is 0. The summed E-state index contributed by atoms with van der Waals surface area (Å²) >= 11 is 0. The standard InChI is InChI=1S/C21H16F2N4O3/c1-12-2-4-13(5-3-12)18-19-20(30-26-18)21(29)27(11-24-19)9-8-17(28)25-14-6-7-15(22)16(23)10-14/h2-7,10-11H,8-9H2,1H3,(H,25,28). The van der Waals surface area contributed by atoms with E-state index in [-0.39, 0.29) is 24.2 Å². The Labute approximate surface area is 169 Å². The highest BCUT2D eigenvalue weighted by Crippen LogP contribution is 2.24. The number of aryl methyl sites for hydroxylation is 2. The SMILES string of the molecule is Cc1ccc(-c2noc3c(=O)n(CCC(=O)Nc4ccc(F)c(F)c4)cnc23)cc1. The Morgan fingerprint density at radius 2 is 1.90 bits per heavy atom. The third-order valence-corrected chi connectivity index (χ3v) is 4.56. The van der Waals surface area contributed by atoms with Gasteiger partial charge in [-0.05, 0) is 19.1 Å². The van der Waals surface area contributed by atoms with Crippen LogP contribution in [0.2, 0.25) is 0 Å². The first-order valence-corrected chi connectivity index (χ1v) is 9.09. The minimum atomic E-state index is -1.06. The lowest BCUT2D eigenvalue weighted by molar-refractivity contribution is -0.116. The second kappa shape index (κ2) is 7.86. The molecule has 152 valence electrons. The molecule has 0 aliphatic heterocycles. The molecule has 4 aromatic rings. The summed E-state index contributed by atoms with van der Waals surface area (Å²) in [5.74, 6) is -2.53. The molecule has 0 unspecified atom stereocenters. The summed E-state index contributed by atoms with van der Waals surface area (Å²) in [4.78, 5) is 29.0. The monoisotopic (exact) mass is 410 g/mol. The van der Waals surface area contributed by atoms with E-state index in [1.54, 1.807) is 0 Å². The normalized spacial score (nSPS) is 11.0. The van der Waals surface area contributed by atoms with Crippen LogP contribution in [0, 0.1) is 18.6 Å². The second-order valence-corrected chi connectivity index (χ2v) is 6.75. The summed E-state index contributed by atoms with van der Waals surface area (Å²) in [6.45, 7) is 1.99. The van der Waals surface area contributed by atoms with Gasteiger partial charge in [-0.2, -0.15) is 0 Å². The van der Waals surface area contributed by atoms with Crippen molar-refractivity contribution in [1.29, 1.82) is 0 Å². The summed E-state index contributed by atoms with van der Waals surface area (Å²) in [6, 6.07) is 10.6. The Morgan fingerprint density at radius 1 is 1.13 bits per heavy atom. The molecule has 1 N–H and O–H groups in total. The van der Waals surface area contributed by atoms with E-state index in [0.29, 0.717) is 11.2 Å². The number of hydrogen-bond donors (Lipinski definition) is 1. The minimum Gasteiger partial charge on any atom is -0.348 e. The number of rotatable bonds is 5. The van der Waals surface area contributed by atoms with Crippen molar-refractivity contribution in [2.45, 2.75) is 19.9 Å². The Balaban J connectivity index is 1.50. The molecule has 0 saturated heterocycles. The number of fused-ring (bicyclic) bond motifs is 1. The highest BCUT2D eigenvalue weighted by Gasteiger charge is 2.17. The number of amides is 1. The van der Waals surface area contributed by atoms with E-state index >= 15 is 0 Å². The van der Waals surface area contributed by atoms with Crippen LogP contribution in [-0.4, -0.2) is 20.6 Å². The minimum absolute atomic E-state index is 0.00547. The Morgan fingerprint density at radius 3 is 2.63 bits per heavy atom. The molecule has 0 aliphatic carbocycles. The number of benzene rings is 2. The lowest BCUT2D eigenvalue weighted by Crippen LogP contribution is -2.23. The molecular formula is C21H16F2N4O3. The van der Waals surface area contributed by atoms with E-state index in [0.717, 1.165) is 23.3 Å². The molecule has 2 heterocycles. The van der Waals surface area contributed by atoms with E-state index in [2.05, 4.69) is 15.5 Å². The fourth-order valence-electron chi connectivity index (χ4n) is 2.94. The quantitative estimate of drug-likeness (QED) is 0.542. The van der Waals surface area contributed by atoms with Gasteiger partial charge < -0.3 is 9.84 Å². The van der Waals surface area contributed by atoms with E-state index in [4.69, 9.17) is 4.52 Å². The first-order chi connectivity index (χ1) is 14.4. The molecule has 2 aromatic carbocycles. The molecule has 0 bridgehead atoms. The van der Waals surface area contributed by atoms with Crippen molar-refractivity contribution in [3.05, 3.63) is 76.3 Å². The van der Waals surface area contributed by atoms with Crippen LogP contribution < -0.4 is 10.9 Å². The van der Waals surface area contributed by atoms with Crippen LogP contribution in [0.1, 0.15) is 12.0 Å². The summed E-state index contributed by atoms with van der Waals surface area (Å²) in [6.07, 6.45) is 1.25. The Hall–Kier alpha value is -3.88. The van der Waals surface area contributed by atoms with Crippen molar-refractivity contribution >= 4 is 22.7 Å². The van der Waals surface area contributed by atoms with Gasteiger partial charge in [-0.25, -0.2) is 13.8 Å². The van der Waals surface area contributed by atoms with Crippen molar-refractivity contribution in [3.8, 4) is 11.3 Å². The lowest BCUT2D eigenvalue weighted by atomic mass is 10.1. The number of carbonyl (C=O) groups is 1. The van der Waals surface area contributed by atoms with Gasteiger partial charge in [-0.3, -0.25) is 14.2 Å². The molecule has 0 aliphatic rings. The van der Waals surface area contributed by atoms with Gasteiger partial charge >= 0.3 is 0 Å². The van der Waals surface area contributed by atoms with E-state index in [1.807, 2.05) is 31.2 Å². The number of aromatic nitrogens is 3. The lowest BCUT2D eigenvalue weighted by Gasteiger charge is -2.07. The van der Waals surface area contributed by atoms with E-state index < -0.39 is 23.1 Å². The number of anilines is 1. The zero-order valence-electron chi connectivity index (χ0n) is 15.9. The van der Waals surface area contributed by atoms with Crippen LogP contribution >= 0.6 is 0 Å². The Bertz CT molecular complexity index is 1300. The summed E-state index contributed by atoms with van der Waals surface area (Å²) in [5.41, 5.74) is 2.31. The number of nitrogens with one attached hydrogen (secondary N) is 1. The van der Waals surface area contributed by atoms with Crippen molar-refractivity contribution in [2.24, 2.45) is 0 Å². The van der Waals surface area contributed by atoms with Crippen molar-refractivity contribution in [3.63, 3.8) is 0 Å². The largest absolute Gasteiger partial charge is 0.348 e. The topological polar surface area (TPSA) is 90.0 Å². The highest BCUT2D eigenvalue weighted by molar-refractivity contribution is 5.90. The van der Waals surface area contributed by atoms with Crippen LogP contribution in [0.15, 0.2) is 58.1 Å². The molecule has 4 rings (SSSR count). The molecular weight excluding hydrogens is 394 g/mol. The predicted molar refractivity (Wildman–Crippen MR) is 106 cm³/mol. The van der Waals surface area contributed by atoms with Gasteiger partial charge in [0, 0.05) is 30.3 Å². The molecule has 1 amide bonds.